The summed E-state index contributed by atoms with van der Waals surface area (Å²) in [5.74, 6) is 1.10. The molecule has 124 valence electrons. The average Bonchev–Trinajstić information content (AvgIpc) is 2.49. The van der Waals surface area contributed by atoms with Crippen molar-refractivity contribution in [3.8, 4) is 5.75 Å². The Labute approximate surface area is 147 Å². The highest BCUT2D eigenvalue weighted by molar-refractivity contribution is 6.34. The van der Waals surface area contributed by atoms with E-state index in [1.165, 1.54) is 0 Å². The molecule has 0 aliphatic carbocycles. The first-order chi connectivity index (χ1) is 10.1. The lowest BCUT2D eigenvalue weighted by Gasteiger charge is -2.31. The van der Waals surface area contributed by atoms with E-state index >= 15 is 0 Å². The molecule has 0 unspecified atom stereocenters. The van der Waals surface area contributed by atoms with Gasteiger partial charge in [0.15, 0.2) is 6.61 Å². The molecule has 0 atom stereocenters. The summed E-state index contributed by atoms with van der Waals surface area (Å²) in [5, 5.41) is 4.18. The second kappa shape index (κ2) is 9.46. The van der Waals surface area contributed by atoms with Crippen molar-refractivity contribution >= 4 is 41.5 Å². The zero-order valence-corrected chi connectivity index (χ0v) is 14.8. The van der Waals surface area contributed by atoms with Crippen LogP contribution in [0.15, 0.2) is 18.2 Å². The first-order valence-corrected chi connectivity index (χ1v) is 7.86. The van der Waals surface area contributed by atoms with Gasteiger partial charge in [-0.05, 0) is 44.5 Å². The average molecular weight is 368 g/mol. The summed E-state index contributed by atoms with van der Waals surface area (Å²) < 4.78 is 5.49. The third-order valence-electron chi connectivity index (χ3n) is 3.70. The Morgan fingerprint density at radius 2 is 2.05 bits per heavy atom. The van der Waals surface area contributed by atoms with E-state index in [1.807, 2.05) is 11.9 Å². The first-order valence-electron chi connectivity index (χ1n) is 7.10. The fourth-order valence-electron chi connectivity index (χ4n) is 2.49. The van der Waals surface area contributed by atoms with E-state index in [4.69, 9.17) is 27.9 Å². The van der Waals surface area contributed by atoms with Crippen molar-refractivity contribution in [2.45, 2.75) is 12.8 Å². The maximum atomic E-state index is 12.1. The number of nitrogens with zero attached hydrogens (tertiary/aromatic N) is 1. The highest BCUT2D eigenvalue weighted by Gasteiger charge is 2.22. The van der Waals surface area contributed by atoms with Crippen molar-refractivity contribution in [1.29, 1.82) is 0 Å². The van der Waals surface area contributed by atoms with E-state index in [1.54, 1.807) is 18.2 Å². The molecule has 1 aliphatic heterocycles. The standard InChI is InChI=1S/C15H20Cl2N2O2.ClH/c1-18-9-11-4-6-19(7-5-11)15(20)10-21-14-8-12(16)2-3-13(14)17;/h2-3,8,11,18H,4-7,9-10H2,1H3;1H. The molecule has 0 spiro atoms. The lowest BCUT2D eigenvalue weighted by molar-refractivity contribution is -0.134. The number of rotatable bonds is 5. The van der Waals surface area contributed by atoms with E-state index in [2.05, 4.69) is 5.32 Å². The van der Waals surface area contributed by atoms with Gasteiger partial charge in [-0.1, -0.05) is 23.2 Å². The van der Waals surface area contributed by atoms with Crippen molar-refractivity contribution in [3.05, 3.63) is 28.2 Å². The Hall–Kier alpha value is -0.680. The van der Waals surface area contributed by atoms with Crippen LogP contribution < -0.4 is 10.1 Å². The van der Waals surface area contributed by atoms with Crippen molar-refractivity contribution in [3.63, 3.8) is 0 Å². The van der Waals surface area contributed by atoms with E-state index < -0.39 is 0 Å². The molecule has 1 aliphatic rings. The minimum atomic E-state index is -0.00560. The van der Waals surface area contributed by atoms with Crippen molar-refractivity contribution in [1.82, 2.24) is 10.2 Å². The number of ether oxygens (including phenoxy) is 1. The number of carbonyl (C=O) groups is 1. The zero-order chi connectivity index (χ0) is 15.2. The largest absolute Gasteiger partial charge is 0.482 e. The van der Waals surface area contributed by atoms with Gasteiger partial charge in [-0.15, -0.1) is 12.4 Å². The Morgan fingerprint density at radius 3 is 2.68 bits per heavy atom. The van der Waals surface area contributed by atoms with Gasteiger partial charge in [0.2, 0.25) is 0 Å². The summed E-state index contributed by atoms with van der Waals surface area (Å²) >= 11 is 11.9. The summed E-state index contributed by atoms with van der Waals surface area (Å²) in [6, 6.07) is 4.97. The van der Waals surface area contributed by atoms with Gasteiger partial charge < -0.3 is 15.0 Å². The highest BCUT2D eigenvalue weighted by atomic mass is 35.5. The number of halogens is 3. The molecule has 0 bridgehead atoms. The predicted molar refractivity (Wildman–Crippen MR) is 92.4 cm³/mol. The van der Waals surface area contributed by atoms with Crippen LogP contribution in [0.3, 0.4) is 0 Å². The number of hydrogen-bond acceptors (Lipinski definition) is 3. The first kappa shape index (κ1) is 19.4. The molecule has 1 aromatic carbocycles. The van der Waals surface area contributed by atoms with Crippen LogP contribution in [0.5, 0.6) is 5.75 Å². The van der Waals surface area contributed by atoms with Crippen LogP contribution in [-0.2, 0) is 4.79 Å². The molecule has 0 saturated carbocycles. The van der Waals surface area contributed by atoms with E-state index in [-0.39, 0.29) is 24.9 Å². The fraction of sp³-hybridized carbons (Fsp3) is 0.533. The van der Waals surface area contributed by atoms with Gasteiger partial charge in [0.25, 0.3) is 5.91 Å². The Kier molecular flexibility index (Phi) is 8.33. The normalized spacial score (nSPS) is 15.3. The molecule has 1 N–H and O–H groups in total. The van der Waals surface area contributed by atoms with Gasteiger partial charge in [0, 0.05) is 24.2 Å². The van der Waals surface area contributed by atoms with Gasteiger partial charge in [0.1, 0.15) is 5.75 Å². The second-order valence-corrected chi connectivity index (χ2v) is 6.09. The Morgan fingerprint density at radius 1 is 1.36 bits per heavy atom. The van der Waals surface area contributed by atoms with Gasteiger partial charge >= 0.3 is 0 Å². The summed E-state index contributed by atoms with van der Waals surface area (Å²) in [6.07, 6.45) is 2.06. The number of nitrogens with one attached hydrogen (secondary N) is 1. The summed E-state index contributed by atoms with van der Waals surface area (Å²) in [6.45, 7) is 2.59. The maximum Gasteiger partial charge on any atom is 0.260 e. The lowest BCUT2D eigenvalue weighted by Crippen LogP contribution is -2.42. The van der Waals surface area contributed by atoms with E-state index in [9.17, 15) is 4.79 Å². The Bertz CT molecular complexity index is 492. The topological polar surface area (TPSA) is 41.6 Å². The number of hydrogen-bond donors (Lipinski definition) is 1. The molecular weight excluding hydrogens is 347 g/mol. The number of likely N-dealkylation sites (tertiary alicyclic amines) is 1. The predicted octanol–water partition coefficient (Wildman–Crippen LogP) is 3.25. The van der Waals surface area contributed by atoms with Gasteiger partial charge in [-0.2, -0.15) is 0 Å². The van der Waals surface area contributed by atoms with Crippen LogP contribution in [0.1, 0.15) is 12.8 Å². The van der Waals surface area contributed by atoms with Crippen LogP contribution in [0, 0.1) is 5.92 Å². The minimum Gasteiger partial charge on any atom is -0.482 e. The highest BCUT2D eigenvalue weighted by Crippen LogP contribution is 2.27. The molecule has 1 fully saturated rings. The molecule has 1 amide bonds. The van der Waals surface area contributed by atoms with Crippen LogP contribution in [0.25, 0.3) is 0 Å². The molecule has 1 heterocycles. The molecular formula is C15H21Cl3N2O2. The molecule has 22 heavy (non-hydrogen) atoms. The minimum absolute atomic E-state index is 0. The molecule has 0 aromatic heterocycles. The summed E-state index contributed by atoms with van der Waals surface area (Å²) in [7, 11) is 1.96. The van der Waals surface area contributed by atoms with Crippen LogP contribution >= 0.6 is 35.6 Å². The molecule has 7 heteroatoms. The van der Waals surface area contributed by atoms with E-state index in [0.29, 0.717) is 21.7 Å². The second-order valence-electron chi connectivity index (χ2n) is 5.25. The van der Waals surface area contributed by atoms with Gasteiger partial charge in [-0.3, -0.25) is 4.79 Å². The Balaban J connectivity index is 0.00000242. The quantitative estimate of drug-likeness (QED) is 0.868. The van der Waals surface area contributed by atoms with Gasteiger partial charge in [0.05, 0.1) is 5.02 Å². The smallest absolute Gasteiger partial charge is 0.260 e. The molecule has 2 rings (SSSR count). The van der Waals surface area contributed by atoms with Gasteiger partial charge in [-0.25, -0.2) is 0 Å². The van der Waals surface area contributed by atoms with Crippen molar-refractivity contribution < 1.29 is 9.53 Å². The van der Waals surface area contributed by atoms with Crippen LogP contribution in [0.4, 0.5) is 0 Å². The van der Waals surface area contributed by atoms with E-state index in [0.717, 1.165) is 32.5 Å². The summed E-state index contributed by atoms with van der Waals surface area (Å²) in [4.78, 5) is 14.0. The van der Waals surface area contributed by atoms with Crippen LogP contribution in [0.2, 0.25) is 10.0 Å². The third-order valence-corrected chi connectivity index (χ3v) is 4.25. The fourth-order valence-corrected chi connectivity index (χ4v) is 2.83. The van der Waals surface area contributed by atoms with Crippen molar-refractivity contribution in [2.24, 2.45) is 5.92 Å². The SMILES string of the molecule is CNCC1CCN(C(=O)COc2cc(Cl)ccc2Cl)CC1.Cl. The maximum absolute atomic E-state index is 12.1. The molecule has 4 nitrogen and oxygen atoms in total. The lowest BCUT2D eigenvalue weighted by atomic mass is 9.97. The molecule has 1 aromatic rings. The number of benzene rings is 1. The third kappa shape index (κ3) is 5.51. The van der Waals surface area contributed by atoms with Crippen molar-refractivity contribution in [2.75, 3.05) is 33.3 Å². The molecule has 0 radical (unpaired) electrons. The molecule has 1 saturated heterocycles. The monoisotopic (exact) mass is 366 g/mol. The summed E-state index contributed by atoms with van der Waals surface area (Å²) in [5.41, 5.74) is 0. The van der Waals surface area contributed by atoms with Crippen LogP contribution in [-0.4, -0.2) is 44.1 Å². The number of piperidine rings is 1. The number of carbonyl (C=O) groups excluding carboxylic acids is 1. The number of amides is 1. The zero-order valence-electron chi connectivity index (χ0n) is 12.5.